The van der Waals surface area contributed by atoms with Gasteiger partial charge in [-0.2, -0.15) is 0 Å². The molecule has 2 heterocycles. The number of benzene rings is 8. The van der Waals surface area contributed by atoms with Gasteiger partial charge in [-0.1, -0.05) is 90.5 Å². The van der Waals surface area contributed by atoms with E-state index in [1.54, 1.807) is 36.4 Å². The van der Waals surface area contributed by atoms with Crippen molar-refractivity contribution < 1.29 is 13.2 Å². The van der Waals surface area contributed by atoms with Crippen molar-refractivity contribution in [2.75, 3.05) is 0 Å². The summed E-state index contributed by atoms with van der Waals surface area (Å²) in [6, 6.07) is 55.9. The van der Waals surface area contributed by atoms with E-state index in [4.69, 9.17) is 19.9 Å². The van der Waals surface area contributed by atoms with E-state index in [1.807, 2.05) is 43.3 Å². The van der Waals surface area contributed by atoms with Crippen LogP contribution in [-0.2, 0) is 0 Å². The van der Waals surface area contributed by atoms with Crippen molar-refractivity contribution in [3.8, 4) is 78.4 Å². The van der Waals surface area contributed by atoms with E-state index >= 15 is 0 Å². The molecule has 0 saturated carbocycles. The first-order valence-corrected chi connectivity index (χ1v) is 19.5. The Morgan fingerprint density at radius 2 is 0.483 bits per heavy atom. The number of halogens is 3. The van der Waals surface area contributed by atoms with E-state index < -0.39 is 0 Å². The number of aromatic nitrogens is 4. The molecular formula is C53H33F3N4. The van der Waals surface area contributed by atoms with Gasteiger partial charge in [-0.05, 0) is 137 Å². The summed E-state index contributed by atoms with van der Waals surface area (Å²) in [5, 5.41) is 0. The Labute approximate surface area is 344 Å². The predicted molar refractivity (Wildman–Crippen MR) is 235 cm³/mol. The van der Waals surface area contributed by atoms with Gasteiger partial charge in [0.1, 0.15) is 17.5 Å². The number of aryl methyl sites for hydroxylation is 1. The Morgan fingerprint density at radius 1 is 0.250 bits per heavy atom. The highest BCUT2D eigenvalue weighted by atomic mass is 19.1. The van der Waals surface area contributed by atoms with E-state index in [0.29, 0.717) is 33.7 Å². The number of nitrogens with zero attached hydrogens (tertiary/aromatic N) is 4. The fraction of sp³-hybridized carbons (Fsp3) is 0.0189. The Hall–Kier alpha value is -7.77. The van der Waals surface area contributed by atoms with Crippen LogP contribution in [0, 0.1) is 24.4 Å². The molecule has 4 nitrogen and oxygen atoms in total. The van der Waals surface area contributed by atoms with Crippen molar-refractivity contribution >= 4 is 22.1 Å². The molecule has 0 aliphatic heterocycles. The van der Waals surface area contributed by atoms with Gasteiger partial charge in [0.25, 0.3) is 0 Å². The van der Waals surface area contributed by atoms with E-state index in [9.17, 15) is 13.2 Å². The van der Waals surface area contributed by atoms with Gasteiger partial charge < -0.3 is 0 Å². The summed E-state index contributed by atoms with van der Waals surface area (Å²) >= 11 is 0. The van der Waals surface area contributed by atoms with Crippen LogP contribution < -0.4 is 0 Å². The smallest absolute Gasteiger partial charge is 0.123 e. The maximum absolute atomic E-state index is 13.9. The lowest BCUT2D eigenvalue weighted by Gasteiger charge is -2.12. The quantitative estimate of drug-likeness (QED) is 0.162. The largest absolute Gasteiger partial charge is 0.244 e. The van der Waals surface area contributed by atoms with Crippen LogP contribution in [0.15, 0.2) is 182 Å². The molecule has 0 bridgehead atoms. The van der Waals surface area contributed by atoms with Crippen molar-refractivity contribution in [1.82, 2.24) is 19.9 Å². The molecule has 0 saturated heterocycles. The summed E-state index contributed by atoms with van der Waals surface area (Å²) < 4.78 is 41.5. The molecule has 286 valence electrons. The van der Waals surface area contributed by atoms with Crippen LogP contribution in [0.4, 0.5) is 13.2 Å². The zero-order chi connectivity index (χ0) is 40.7. The molecule has 10 rings (SSSR count). The van der Waals surface area contributed by atoms with Gasteiger partial charge in [-0.15, -0.1) is 0 Å². The first kappa shape index (κ1) is 36.6. The first-order chi connectivity index (χ1) is 29.3. The molecule has 0 atom stereocenters. The van der Waals surface area contributed by atoms with Crippen LogP contribution in [0.3, 0.4) is 0 Å². The van der Waals surface area contributed by atoms with Crippen molar-refractivity contribution in [2.24, 2.45) is 0 Å². The Morgan fingerprint density at radius 3 is 0.800 bits per heavy atom. The molecule has 60 heavy (non-hydrogen) atoms. The van der Waals surface area contributed by atoms with E-state index in [2.05, 4.69) is 72.8 Å². The number of hydrogen-bond acceptors (Lipinski definition) is 4. The van der Waals surface area contributed by atoms with E-state index in [1.165, 1.54) is 36.4 Å². The zero-order valence-electron chi connectivity index (χ0n) is 32.2. The zero-order valence-corrected chi connectivity index (χ0v) is 32.2. The minimum absolute atomic E-state index is 0.297. The first-order valence-electron chi connectivity index (χ1n) is 19.5. The van der Waals surface area contributed by atoms with Gasteiger partial charge in [0, 0.05) is 22.3 Å². The fourth-order valence-electron chi connectivity index (χ4n) is 7.52. The van der Waals surface area contributed by atoms with Crippen molar-refractivity contribution in [2.45, 2.75) is 6.92 Å². The monoisotopic (exact) mass is 782 g/mol. The highest BCUT2D eigenvalue weighted by molar-refractivity contribution is 5.90. The SMILES string of the molecule is Cc1ccc(-c2nc3cc(-c4ccc(-c5ccc(-c6ccc7nc(-c8ccc(F)cc8)c(-c8ccc(F)cc8)nc7c6)cc5)cc4)ccc3nc2-c2ccc(F)cc2)cc1. The van der Waals surface area contributed by atoms with Gasteiger partial charge in [0.2, 0.25) is 0 Å². The number of fused-ring (bicyclic) bond motifs is 2. The van der Waals surface area contributed by atoms with Crippen molar-refractivity contribution in [3.63, 3.8) is 0 Å². The third-order valence-corrected chi connectivity index (χ3v) is 10.8. The van der Waals surface area contributed by atoms with Crippen LogP contribution in [0.1, 0.15) is 5.56 Å². The number of hydrogen-bond donors (Lipinski definition) is 0. The molecule has 2 aromatic heterocycles. The summed E-state index contributed by atoms with van der Waals surface area (Å²) in [5.74, 6) is -0.979. The maximum Gasteiger partial charge on any atom is 0.123 e. The summed E-state index contributed by atoms with van der Waals surface area (Å²) in [4.78, 5) is 20.1. The molecule has 7 heteroatoms. The van der Waals surface area contributed by atoms with Gasteiger partial charge in [0.05, 0.1) is 44.8 Å². The third kappa shape index (κ3) is 7.18. The lowest BCUT2D eigenvalue weighted by atomic mass is 9.97. The topological polar surface area (TPSA) is 51.6 Å². The lowest BCUT2D eigenvalue weighted by Crippen LogP contribution is -1.96. The van der Waals surface area contributed by atoms with Crippen molar-refractivity contribution in [3.05, 3.63) is 205 Å². The fourth-order valence-corrected chi connectivity index (χ4v) is 7.52. The van der Waals surface area contributed by atoms with Crippen LogP contribution in [-0.4, -0.2) is 19.9 Å². The predicted octanol–water partition coefficient (Wildman–Crippen LogP) is 14.0. The van der Waals surface area contributed by atoms with Gasteiger partial charge >= 0.3 is 0 Å². The van der Waals surface area contributed by atoms with Crippen LogP contribution in [0.5, 0.6) is 0 Å². The van der Waals surface area contributed by atoms with Gasteiger partial charge in [-0.3, -0.25) is 0 Å². The Kier molecular flexibility index (Phi) is 9.26. The molecule has 10 aromatic rings. The number of rotatable bonds is 7. The average molecular weight is 783 g/mol. The molecule has 0 spiro atoms. The molecule has 8 aromatic carbocycles. The van der Waals surface area contributed by atoms with E-state index in [0.717, 1.165) is 72.4 Å². The maximum atomic E-state index is 13.9. The average Bonchev–Trinajstić information content (AvgIpc) is 3.29. The van der Waals surface area contributed by atoms with Crippen LogP contribution >= 0.6 is 0 Å². The highest BCUT2D eigenvalue weighted by Crippen LogP contribution is 2.36. The summed E-state index contributed by atoms with van der Waals surface area (Å²) in [6.07, 6.45) is 0. The molecule has 0 aliphatic rings. The minimum Gasteiger partial charge on any atom is -0.244 e. The summed E-state index contributed by atoms with van der Waals surface area (Å²) in [5.41, 5.74) is 16.1. The van der Waals surface area contributed by atoms with Gasteiger partial charge in [-0.25, -0.2) is 33.1 Å². The van der Waals surface area contributed by atoms with Crippen LogP contribution in [0.2, 0.25) is 0 Å². The minimum atomic E-state index is -0.342. The van der Waals surface area contributed by atoms with Crippen LogP contribution in [0.25, 0.3) is 100 Å². The second-order valence-electron chi connectivity index (χ2n) is 14.8. The lowest BCUT2D eigenvalue weighted by molar-refractivity contribution is 0.627. The standard InChI is InChI=1S/C53H33F3N4/c1-32-2-4-37(5-3-32)52-50(38-14-22-43(54)23-15-38)57-46-28-20-41(30-48(46)59-52)35-10-6-33(7-11-35)34-8-12-36(13-9-34)42-21-29-47-49(31-42)60-53(40-18-26-45(56)27-19-40)51(58-47)39-16-24-44(55)25-17-39/h2-31H,1H3. The summed E-state index contributed by atoms with van der Waals surface area (Å²) in [7, 11) is 0. The van der Waals surface area contributed by atoms with E-state index in [-0.39, 0.29) is 17.5 Å². The second kappa shape index (κ2) is 15.2. The molecular weight excluding hydrogens is 750 g/mol. The molecule has 0 amide bonds. The molecule has 0 radical (unpaired) electrons. The summed E-state index contributed by atoms with van der Waals surface area (Å²) in [6.45, 7) is 2.05. The molecule has 0 unspecified atom stereocenters. The molecule has 0 N–H and O–H groups in total. The Bertz CT molecular complexity index is 2960. The normalized spacial score (nSPS) is 11.3. The Balaban J connectivity index is 0.934. The van der Waals surface area contributed by atoms with Gasteiger partial charge in [0.15, 0.2) is 0 Å². The molecule has 0 fully saturated rings. The second-order valence-corrected chi connectivity index (χ2v) is 14.8. The highest BCUT2D eigenvalue weighted by Gasteiger charge is 2.17. The molecule has 0 aliphatic carbocycles. The van der Waals surface area contributed by atoms with Crippen molar-refractivity contribution in [1.29, 1.82) is 0 Å². The third-order valence-electron chi connectivity index (χ3n) is 10.8.